The van der Waals surface area contributed by atoms with Crippen LogP contribution in [0.15, 0.2) is 18.2 Å². The second-order valence-corrected chi connectivity index (χ2v) is 3.69. The lowest BCUT2D eigenvalue weighted by Crippen LogP contribution is -2.32. The molecule has 0 aliphatic carbocycles. The van der Waals surface area contributed by atoms with Crippen molar-refractivity contribution in [2.75, 3.05) is 7.11 Å². The predicted octanol–water partition coefficient (Wildman–Crippen LogP) is 1.21. The van der Waals surface area contributed by atoms with Crippen molar-refractivity contribution in [2.24, 2.45) is 5.73 Å². The number of carbonyl (C=O) groups is 1. The van der Waals surface area contributed by atoms with Crippen LogP contribution >= 0.6 is 0 Å². The van der Waals surface area contributed by atoms with Gasteiger partial charge < -0.3 is 15.6 Å². The fourth-order valence-electron chi connectivity index (χ4n) is 1.51. The van der Waals surface area contributed by atoms with Crippen LogP contribution in [0.25, 0.3) is 0 Å². The van der Waals surface area contributed by atoms with Crippen LogP contribution in [0.1, 0.15) is 18.1 Å². The SMILES string of the molecule is CCc1cc(CC(N)C(=O)O)cc(OC)c1. The third-order valence-corrected chi connectivity index (χ3v) is 2.44. The van der Waals surface area contributed by atoms with Gasteiger partial charge in [-0.15, -0.1) is 0 Å². The highest BCUT2D eigenvalue weighted by Gasteiger charge is 2.13. The Balaban J connectivity index is 2.90. The van der Waals surface area contributed by atoms with Crippen molar-refractivity contribution in [1.29, 1.82) is 0 Å². The van der Waals surface area contributed by atoms with E-state index in [1.807, 2.05) is 25.1 Å². The number of hydrogen-bond donors (Lipinski definition) is 2. The molecule has 0 aliphatic rings. The average molecular weight is 223 g/mol. The largest absolute Gasteiger partial charge is 0.497 e. The Morgan fingerprint density at radius 3 is 2.56 bits per heavy atom. The highest BCUT2D eigenvalue weighted by atomic mass is 16.5. The normalized spacial score (nSPS) is 12.2. The van der Waals surface area contributed by atoms with Crippen LogP contribution in [0.5, 0.6) is 5.75 Å². The minimum absolute atomic E-state index is 0.319. The second-order valence-electron chi connectivity index (χ2n) is 3.69. The van der Waals surface area contributed by atoms with Gasteiger partial charge in [-0.2, -0.15) is 0 Å². The molecule has 16 heavy (non-hydrogen) atoms. The van der Waals surface area contributed by atoms with E-state index in [1.165, 1.54) is 0 Å². The molecule has 0 aromatic heterocycles. The van der Waals surface area contributed by atoms with E-state index in [9.17, 15) is 4.79 Å². The predicted molar refractivity (Wildman–Crippen MR) is 61.7 cm³/mol. The summed E-state index contributed by atoms with van der Waals surface area (Å²) in [7, 11) is 1.59. The smallest absolute Gasteiger partial charge is 0.320 e. The second kappa shape index (κ2) is 5.51. The Labute approximate surface area is 95.0 Å². The molecule has 1 aromatic carbocycles. The number of aryl methyl sites for hydroxylation is 1. The summed E-state index contributed by atoms with van der Waals surface area (Å²) in [5, 5.41) is 8.74. The standard InChI is InChI=1S/C12H17NO3/c1-3-8-4-9(6-10(5-8)16-2)7-11(13)12(14)15/h4-6,11H,3,7,13H2,1-2H3,(H,14,15). The van der Waals surface area contributed by atoms with E-state index >= 15 is 0 Å². The summed E-state index contributed by atoms with van der Waals surface area (Å²) >= 11 is 0. The van der Waals surface area contributed by atoms with Crippen LogP contribution in [0.4, 0.5) is 0 Å². The molecule has 0 heterocycles. The Morgan fingerprint density at radius 2 is 2.06 bits per heavy atom. The maximum Gasteiger partial charge on any atom is 0.320 e. The summed E-state index contributed by atoms with van der Waals surface area (Å²) < 4.78 is 5.15. The van der Waals surface area contributed by atoms with Crippen LogP contribution in [0.2, 0.25) is 0 Å². The van der Waals surface area contributed by atoms with Gasteiger partial charge in [0, 0.05) is 0 Å². The quantitative estimate of drug-likeness (QED) is 0.787. The Morgan fingerprint density at radius 1 is 1.44 bits per heavy atom. The van der Waals surface area contributed by atoms with Crippen molar-refractivity contribution in [2.45, 2.75) is 25.8 Å². The molecule has 0 saturated heterocycles. The number of benzene rings is 1. The molecule has 0 bridgehead atoms. The molecule has 3 N–H and O–H groups in total. The zero-order valence-electron chi connectivity index (χ0n) is 9.56. The van der Waals surface area contributed by atoms with Crippen LogP contribution in [0.3, 0.4) is 0 Å². The number of carboxylic acids is 1. The molecular weight excluding hydrogens is 206 g/mol. The van der Waals surface area contributed by atoms with Crippen molar-refractivity contribution < 1.29 is 14.6 Å². The summed E-state index contributed by atoms with van der Waals surface area (Å²) in [6.07, 6.45) is 1.20. The first kappa shape index (κ1) is 12.5. The van der Waals surface area contributed by atoms with Crippen LogP contribution in [0, 0.1) is 0 Å². The number of nitrogens with two attached hydrogens (primary N) is 1. The zero-order valence-corrected chi connectivity index (χ0v) is 9.56. The Kier molecular flexibility index (Phi) is 4.31. The van der Waals surface area contributed by atoms with Gasteiger partial charge in [0.05, 0.1) is 7.11 Å². The molecule has 1 atom stereocenters. The molecule has 1 unspecified atom stereocenters. The van der Waals surface area contributed by atoms with Gasteiger partial charge in [-0.05, 0) is 36.1 Å². The summed E-state index contributed by atoms with van der Waals surface area (Å²) in [6, 6.07) is 4.86. The lowest BCUT2D eigenvalue weighted by molar-refractivity contribution is -0.138. The van der Waals surface area contributed by atoms with E-state index in [0.29, 0.717) is 6.42 Å². The number of methoxy groups -OCH3 is 1. The molecule has 0 aliphatic heterocycles. The van der Waals surface area contributed by atoms with Crippen molar-refractivity contribution in [3.63, 3.8) is 0 Å². The van der Waals surface area contributed by atoms with Crippen LogP contribution in [-0.4, -0.2) is 24.2 Å². The molecular formula is C12H17NO3. The molecule has 0 amide bonds. The Hall–Kier alpha value is -1.55. The molecule has 4 heteroatoms. The topological polar surface area (TPSA) is 72.6 Å². The molecule has 88 valence electrons. The molecule has 0 spiro atoms. The van der Waals surface area contributed by atoms with Gasteiger partial charge >= 0.3 is 5.97 Å². The average Bonchev–Trinajstić information content (AvgIpc) is 2.28. The number of carboxylic acid groups (broad SMARTS) is 1. The lowest BCUT2D eigenvalue weighted by atomic mass is 10.0. The monoisotopic (exact) mass is 223 g/mol. The maximum absolute atomic E-state index is 10.7. The minimum atomic E-state index is -0.985. The molecule has 1 aromatic rings. The Bertz CT molecular complexity index is 354. The molecule has 1 rings (SSSR count). The van der Waals surface area contributed by atoms with Gasteiger partial charge in [-0.25, -0.2) is 0 Å². The van der Waals surface area contributed by atoms with E-state index in [0.717, 1.165) is 23.3 Å². The first-order chi connectivity index (χ1) is 7.56. The fourth-order valence-corrected chi connectivity index (χ4v) is 1.51. The lowest BCUT2D eigenvalue weighted by Gasteiger charge is -2.10. The van der Waals surface area contributed by atoms with Gasteiger partial charge in [0.15, 0.2) is 0 Å². The van der Waals surface area contributed by atoms with Gasteiger partial charge in [-0.3, -0.25) is 4.79 Å². The van der Waals surface area contributed by atoms with Gasteiger partial charge in [-0.1, -0.05) is 13.0 Å². The molecule has 0 fully saturated rings. The molecule has 4 nitrogen and oxygen atoms in total. The van der Waals surface area contributed by atoms with E-state index in [2.05, 4.69) is 0 Å². The van der Waals surface area contributed by atoms with Crippen molar-refractivity contribution in [1.82, 2.24) is 0 Å². The first-order valence-corrected chi connectivity index (χ1v) is 5.22. The third kappa shape index (κ3) is 3.24. The summed E-state index contributed by atoms with van der Waals surface area (Å²) in [5.41, 5.74) is 7.50. The van der Waals surface area contributed by atoms with Crippen molar-refractivity contribution in [3.05, 3.63) is 29.3 Å². The van der Waals surface area contributed by atoms with Crippen LogP contribution in [-0.2, 0) is 17.6 Å². The molecule has 0 saturated carbocycles. The van der Waals surface area contributed by atoms with E-state index < -0.39 is 12.0 Å². The van der Waals surface area contributed by atoms with Crippen LogP contribution < -0.4 is 10.5 Å². The zero-order chi connectivity index (χ0) is 12.1. The molecule has 0 radical (unpaired) electrons. The first-order valence-electron chi connectivity index (χ1n) is 5.22. The van der Waals surface area contributed by atoms with Gasteiger partial charge in [0.25, 0.3) is 0 Å². The summed E-state index contributed by atoms with van der Waals surface area (Å²) in [4.78, 5) is 10.7. The third-order valence-electron chi connectivity index (χ3n) is 2.44. The number of hydrogen-bond acceptors (Lipinski definition) is 3. The summed E-state index contributed by atoms with van der Waals surface area (Å²) in [5.74, 6) is -0.243. The highest BCUT2D eigenvalue weighted by molar-refractivity contribution is 5.73. The van der Waals surface area contributed by atoms with Gasteiger partial charge in [0.2, 0.25) is 0 Å². The maximum atomic E-state index is 10.7. The highest BCUT2D eigenvalue weighted by Crippen LogP contribution is 2.18. The fraction of sp³-hybridized carbons (Fsp3) is 0.417. The number of rotatable bonds is 5. The number of aliphatic carboxylic acids is 1. The van der Waals surface area contributed by atoms with E-state index in [-0.39, 0.29) is 0 Å². The van der Waals surface area contributed by atoms with Gasteiger partial charge in [0.1, 0.15) is 11.8 Å². The minimum Gasteiger partial charge on any atom is -0.497 e. The number of ether oxygens (including phenoxy) is 1. The van der Waals surface area contributed by atoms with E-state index in [1.54, 1.807) is 7.11 Å². The van der Waals surface area contributed by atoms with Crippen molar-refractivity contribution >= 4 is 5.97 Å². The van der Waals surface area contributed by atoms with E-state index in [4.69, 9.17) is 15.6 Å². The summed E-state index contributed by atoms with van der Waals surface area (Å²) in [6.45, 7) is 2.04. The van der Waals surface area contributed by atoms with Crippen molar-refractivity contribution in [3.8, 4) is 5.75 Å².